The Kier molecular flexibility index (Phi) is 7.84. The second kappa shape index (κ2) is 10.6. The van der Waals surface area contributed by atoms with Crippen molar-refractivity contribution in [3.63, 3.8) is 0 Å². The number of benzene rings is 1. The standard InChI is InChI=1S/C19H22FN7O.C2HF3O2/c1-3-25-6-8-26(9-7-25)16-5-4-14(10-15(16)20)22-18(28)17-23-19-21-11-13(2)12-27(19)24-17;3-2(4,5)1(6)7/h4-5,10-12H,3,6-9H2,1-2H3,(H,22,28);(H,6,7). The highest BCUT2D eigenvalue weighted by molar-refractivity contribution is 6.01. The van der Waals surface area contributed by atoms with Crippen molar-refractivity contribution in [3.8, 4) is 0 Å². The first-order chi connectivity index (χ1) is 16.5. The largest absolute Gasteiger partial charge is 0.490 e. The minimum atomic E-state index is -5.08. The van der Waals surface area contributed by atoms with Crippen LogP contribution in [0.15, 0.2) is 30.6 Å². The molecule has 0 saturated carbocycles. The topological polar surface area (TPSA) is 116 Å². The van der Waals surface area contributed by atoms with Crippen LogP contribution in [0.3, 0.4) is 0 Å². The lowest BCUT2D eigenvalue weighted by Gasteiger charge is -2.35. The van der Waals surface area contributed by atoms with Crippen molar-refractivity contribution in [3.05, 3.63) is 47.8 Å². The van der Waals surface area contributed by atoms with Crippen LogP contribution in [-0.2, 0) is 4.79 Å². The van der Waals surface area contributed by atoms with Crippen molar-refractivity contribution in [2.45, 2.75) is 20.0 Å². The highest BCUT2D eigenvalue weighted by Crippen LogP contribution is 2.24. The number of piperazine rings is 1. The lowest BCUT2D eigenvalue weighted by atomic mass is 10.2. The van der Waals surface area contributed by atoms with Crippen LogP contribution in [0.5, 0.6) is 0 Å². The molecule has 3 aromatic rings. The van der Waals surface area contributed by atoms with Gasteiger partial charge in [-0.05, 0) is 37.2 Å². The number of aliphatic carboxylic acids is 1. The van der Waals surface area contributed by atoms with E-state index in [4.69, 9.17) is 9.90 Å². The summed E-state index contributed by atoms with van der Waals surface area (Å²) < 4.78 is 47.8. The number of anilines is 2. The minimum absolute atomic E-state index is 0.0155. The molecule has 0 bridgehead atoms. The normalized spacial score (nSPS) is 14.4. The Bertz CT molecular complexity index is 1210. The third-order valence-corrected chi connectivity index (χ3v) is 5.13. The average Bonchev–Trinajstić information content (AvgIpc) is 3.22. The molecule has 1 aliphatic heterocycles. The van der Waals surface area contributed by atoms with Crippen LogP contribution < -0.4 is 10.2 Å². The number of nitrogens with one attached hydrogen (secondary N) is 1. The van der Waals surface area contributed by atoms with Gasteiger partial charge in [0.2, 0.25) is 5.82 Å². The van der Waals surface area contributed by atoms with Crippen molar-refractivity contribution in [1.29, 1.82) is 0 Å². The SMILES string of the molecule is CCN1CCN(c2ccc(NC(=O)c3nc4ncc(C)cn4n3)cc2F)CC1.O=C(O)C(F)(F)F. The van der Waals surface area contributed by atoms with Gasteiger partial charge in [-0.3, -0.25) is 4.79 Å². The van der Waals surface area contributed by atoms with Gasteiger partial charge in [0.05, 0.1) is 5.69 Å². The Morgan fingerprint density at radius 2 is 1.83 bits per heavy atom. The first-order valence-corrected chi connectivity index (χ1v) is 10.5. The fourth-order valence-electron chi connectivity index (χ4n) is 3.30. The van der Waals surface area contributed by atoms with Gasteiger partial charge in [-0.1, -0.05) is 6.92 Å². The molecule has 1 saturated heterocycles. The summed E-state index contributed by atoms with van der Waals surface area (Å²) in [4.78, 5) is 33.9. The molecule has 0 radical (unpaired) electrons. The molecule has 0 aliphatic carbocycles. The van der Waals surface area contributed by atoms with Crippen LogP contribution in [0.4, 0.5) is 28.9 Å². The van der Waals surface area contributed by atoms with Crippen molar-refractivity contribution in [1.82, 2.24) is 24.5 Å². The van der Waals surface area contributed by atoms with E-state index in [1.54, 1.807) is 24.5 Å². The van der Waals surface area contributed by atoms with Gasteiger partial charge in [0, 0.05) is 44.3 Å². The number of carbonyl (C=O) groups is 2. The molecule has 35 heavy (non-hydrogen) atoms. The zero-order valence-corrected chi connectivity index (χ0v) is 18.9. The zero-order valence-electron chi connectivity index (χ0n) is 18.9. The summed E-state index contributed by atoms with van der Waals surface area (Å²) in [6, 6.07) is 4.73. The van der Waals surface area contributed by atoms with Gasteiger partial charge in [-0.2, -0.15) is 18.2 Å². The van der Waals surface area contributed by atoms with Crippen LogP contribution in [0.1, 0.15) is 23.1 Å². The van der Waals surface area contributed by atoms with Gasteiger partial charge in [-0.25, -0.2) is 18.7 Å². The molecule has 1 aliphatic rings. The third kappa shape index (κ3) is 6.62. The monoisotopic (exact) mass is 497 g/mol. The van der Waals surface area contributed by atoms with E-state index in [9.17, 15) is 22.4 Å². The maximum atomic E-state index is 14.6. The lowest BCUT2D eigenvalue weighted by Crippen LogP contribution is -2.46. The fourth-order valence-corrected chi connectivity index (χ4v) is 3.30. The molecule has 0 unspecified atom stereocenters. The van der Waals surface area contributed by atoms with E-state index in [1.807, 2.05) is 11.8 Å². The maximum Gasteiger partial charge on any atom is 0.490 e. The molecule has 1 fully saturated rings. The van der Waals surface area contributed by atoms with Crippen LogP contribution in [0.25, 0.3) is 5.78 Å². The number of halogens is 4. The summed E-state index contributed by atoms with van der Waals surface area (Å²) in [5, 5.41) is 13.9. The van der Waals surface area contributed by atoms with Gasteiger partial charge < -0.3 is 20.2 Å². The van der Waals surface area contributed by atoms with E-state index >= 15 is 0 Å². The molecular weight excluding hydrogens is 474 g/mol. The van der Waals surface area contributed by atoms with Gasteiger partial charge in [0.15, 0.2) is 0 Å². The number of likely N-dealkylation sites (N-methyl/N-ethyl adjacent to an activating group) is 1. The van der Waals surface area contributed by atoms with Crippen LogP contribution in [-0.4, -0.2) is 80.4 Å². The van der Waals surface area contributed by atoms with E-state index < -0.39 is 18.1 Å². The Balaban J connectivity index is 0.000000429. The van der Waals surface area contributed by atoms with E-state index in [-0.39, 0.29) is 11.6 Å². The summed E-state index contributed by atoms with van der Waals surface area (Å²) in [5.74, 6) is -3.30. The van der Waals surface area contributed by atoms with Crippen LogP contribution in [0, 0.1) is 12.7 Å². The van der Waals surface area contributed by atoms with Crippen LogP contribution in [0.2, 0.25) is 0 Å². The molecule has 10 nitrogen and oxygen atoms in total. The summed E-state index contributed by atoms with van der Waals surface area (Å²) in [6.45, 7) is 8.42. The molecule has 1 amide bonds. The van der Waals surface area contributed by atoms with Gasteiger partial charge in [-0.15, -0.1) is 5.10 Å². The number of rotatable bonds is 4. The van der Waals surface area contributed by atoms with E-state index in [2.05, 4.69) is 32.2 Å². The van der Waals surface area contributed by atoms with Crippen LogP contribution >= 0.6 is 0 Å². The van der Waals surface area contributed by atoms with E-state index in [1.165, 1.54) is 10.6 Å². The summed E-state index contributed by atoms with van der Waals surface area (Å²) in [7, 11) is 0. The molecule has 2 aromatic heterocycles. The van der Waals surface area contributed by atoms with Crippen molar-refractivity contribution in [2.24, 2.45) is 0 Å². The number of fused-ring (bicyclic) bond motifs is 1. The molecule has 0 atom stereocenters. The highest BCUT2D eigenvalue weighted by Gasteiger charge is 2.38. The molecule has 14 heteroatoms. The number of hydrogen-bond acceptors (Lipinski definition) is 7. The molecule has 188 valence electrons. The number of alkyl halides is 3. The van der Waals surface area contributed by atoms with E-state index in [0.29, 0.717) is 17.2 Å². The molecule has 1 aromatic carbocycles. The summed E-state index contributed by atoms with van der Waals surface area (Å²) in [5.41, 5.74) is 1.82. The Labute approximate surface area is 197 Å². The number of carboxylic acids is 1. The summed E-state index contributed by atoms with van der Waals surface area (Å²) >= 11 is 0. The quantitative estimate of drug-likeness (QED) is 0.529. The highest BCUT2D eigenvalue weighted by atomic mass is 19.4. The molecule has 2 N–H and O–H groups in total. The third-order valence-electron chi connectivity index (χ3n) is 5.13. The number of hydrogen-bond donors (Lipinski definition) is 2. The van der Waals surface area contributed by atoms with Gasteiger partial charge in [0.1, 0.15) is 5.82 Å². The predicted octanol–water partition coefficient (Wildman–Crippen LogP) is 2.60. The van der Waals surface area contributed by atoms with E-state index in [0.717, 1.165) is 38.3 Å². The number of aromatic nitrogens is 4. The summed E-state index contributed by atoms with van der Waals surface area (Å²) in [6.07, 6.45) is -1.70. The fraction of sp³-hybridized carbons (Fsp3) is 0.381. The van der Waals surface area contributed by atoms with Crippen molar-refractivity contribution < 1.29 is 32.3 Å². The number of carbonyl (C=O) groups excluding carboxylic acids is 1. The number of amides is 1. The Morgan fingerprint density at radius 1 is 1.17 bits per heavy atom. The van der Waals surface area contributed by atoms with Crippen molar-refractivity contribution >= 4 is 29.0 Å². The number of aryl methyl sites for hydroxylation is 1. The molecule has 0 spiro atoms. The lowest BCUT2D eigenvalue weighted by molar-refractivity contribution is -0.192. The molecule has 3 heterocycles. The smallest absolute Gasteiger partial charge is 0.475 e. The molecule has 4 rings (SSSR count). The maximum absolute atomic E-state index is 14.6. The van der Waals surface area contributed by atoms with Crippen molar-refractivity contribution in [2.75, 3.05) is 42.9 Å². The van der Waals surface area contributed by atoms with Gasteiger partial charge >= 0.3 is 12.1 Å². The second-order valence-corrected chi connectivity index (χ2v) is 7.66. The number of carboxylic acid groups (broad SMARTS) is 1. The Morgan fingerprint density at radius 3 is 2.40 bits per heavy atom. The zero-order chi connectivity index (χ0) is 25.8. The molecular formula is C21H23F4N7O3. The Hall–Kier alpha value is -3.81. The minimum Gasteiger partial charge on any atom is -0.475 e. The first kappa shape index (κ1) is 25.8. The second-order valence-electron chi connectivity index (χ2n) is 7.66. The first-order valence-electron chi connectivity index (χ1n) is 10.5. The predicted molar refractivity (Wildman–Crippen MR) is 118 cm³/mol. The average molecular weight is 497 g/mol. The number of nitrogens with zero attached hydrogens (tertiary/aromatic N) is 6. The van der Waals surface area contributed by atoms with Gasteiger partial charge in [0.25, 0.3) is 11.7 Å².